The van der Waals surface area contributed by atoms with E-state index in [2.05, 4.69) is 5.32 Å². The van der Waals surface area contributed by atoms with Crippen molar-refractivity contribution in [3.05, 3.63) is 118 Å². The summed E-state index contributed by atoms with van der Waals surface area (Å²) in [6.07, 6.45) is 0. The Kier molecular flexibility index (Phi) is 5.63. The number of fused-ring (bicyclic) bond motifs is 1. The van der Waals surface area contributed by atoms with Gasteiger partial charge in [0.15, 0.2) is 5.76 Å². The molecule has 2 N–H and O–H groups in total. The van der Waals surface area contributed by atoms with Crippen molar-refractivity contribution < 1.29 is 18.7 Å². The maximum Gasteiger partial charge on any atom is 0.255 e. The average Bonchev–Trinajstić information content (AvgIpc) is 2.87. The van der Waals surface area contributed by atoms with Gasteiger partial charge in [-0.25, -0.2) is 4.39 Å². The van der Waals surface area contributed by atoms with Gasteiger partial charge in [-0.2, -0.15) is 0 Å². The molecule has 0 spiro atoms. The van der Waals surface area contributed by atoms with Crippen LogP contribution in [0.5, 0.6) is 5.75 Å². The van der Waals surface area contributed by atoms with Crippen LogP contribution in [-0.4, -0.2) is 11.0 Å². The van der Waals surface area contributed by atoms with E-state index in [1.807, 2.05) is 19.1 Å². The predicted octanol–water partition coefficient (Wildman–Crippen LogP) is 6.53. The monoisotopic (exact) mass is 465 g/mol. The number of carbonyl (C=O) groups is 1. The van der Waals surface area contributed by atoms with Gasteiger partial charge in [0, 0.05) is 16.8 Å². The third-order valence-corrected chi connectivity index (χ3v) is 5.74. The fourth-order valence-electron chi connectivity index (χ4n) is 3.85. The molecule has 4 aromatic carbocycles. The molecule has 35 heavy (non-hydrogen) atoms. The fraction of sp³-hybridized carbons (Fsp3) is 0.0345. The van der Waals surface area contributed by atoms with Gasteiger partial charge in [0.2, 0.25) is 11.2 Å². The number of rotatable bonds is 4. The standard InChI is InChI=1S/C29H20FNO4/c1-17-5-7-19(8-6-17)29(34)31-23-4-2-3-21(15-23)28-27(33)26(32)24-14-11-20(16-25(24)35-28)18-9-12-22(30)13-10-18/h2-16,33H,1H3,(H,31,34). The zero-order valence-corrected chi connectivity index (χ0v) is 18.7. The van der Waals surface area contributed by atoms with Gasteiger partial charge in [-0.15, -0.1) is 0 Å². The van der Waals surface area contributed by atoms with Crippen LogP contribution >= 0.6 is 0 Å². The van der Waals surface area contributed by atoms with Gasteiger partial charge in [-0.3, -0.25) is 9.59 Å². The highest BCUT2D eigenvalue weighted by Gasteiger charge is 2.17. The lowest BCUT2D eigenvalue weighted by Gasteiger charge is -2.10. The Hall–Kier alpha value is -4.71. The maximum absolute atomic E-state index is 13.3. The molecule has 0 aliphatic heterocycles. The highest BCUT2D eigenvalue weighted by Crippen LogP contribution is 2.33. The summed E-state index contributed by atoms with van der Waals surface area (Å²) < 4.78 is 19.3. The molecule has 1 heterocycles. The molecule has 0 saturated heterocycles. The minimum absolute atomic E-state index is 0.00908. The third kappa shape index (κ3) is 4.42. The molecule has 0 saturated carbocycles. The molecule has 0 unspecified atom stereocenters. The van der Waals surface area contributed by atoms with Crippen molar-refractivity contribution in [2.24, 2.45) is 0 Å². The van der Waals surface area contributed by atoms with Gasteiger partial charge in [0.1, 0.15) is 11.4 Å². The van der Waals surface area contributed by atoms with Crippen LogP contribution in [0, 0.1) is 12.7 Å². The lowest BCUT2D eigenvalue weighted by Crippen LogP contribution is -2.11. The molecule has 0 fully saturated rings. The van der Waals surface area contributed by atoms with E-state index in [4.69, 9.17) is 4.42 Å². The number of aromatic hydroxyl groups is 1. The van der Waals surface area contributed by atoms with Crippen molar-refractivity contribution >= 4 is 22.6 Å². The topological polar surface area (TPSA) is 79.5 Å². The zero-order chi connectivity index (χ0) is 24.5. The molecule has 0 bridgehead atoms. The van der Waals surface area contributed by atoms with E-state index >= 15 is 0 Å². The summed E-state index contributed by atoms with van der Waals surface area (Å²) in [5, 5.41) is 13.7. The second-order valence-electron chi connectivity index (χ2n) is 8.23. The molecule has 0 aliphatic rings. The van der Waals surface area contributed by atoms with Crippen LogP contribution in [0.25, 0.3) is 33.4 Å². The number of anilines is 1. The first-order chi connectivity index (χ1) is 16.9. The Morgan fingerprint density at radius 1 is 0.857 bits per heavy atom. The van der Waals surface area contributed by atoms with Crippen LogP contribution in [0.3, 0.4) is 0 Å². The van der Waals surface area contributed by atoms with E-state index in [0.29, 0.717) is 16.8 Å². The summed E-state index contributed by atoms with van der Waals surface area (Å²) in [7, 11) is 0. The summed E-state index contributed by atoms with van der Waals surface area (Å²) in [6, 6.07) is 24.8. The molecule has 5 nitrogen and oxygen atoms in total. The lowest BCUT2D eigenvalue weighted by atomic mass is 10.0. The molecule has 6 heteroatoms. The van der Waals surface area contributed by atoms with Crippen molar-refractivity contribution in [1.82, 2.24) is 0 Å². The fourth-order valence-corrected chi connectivity index (χ4v) is 3.85. The van der Waals surface area contributed by atoms with Gasteiger partial charge >= 0.3 is 0 Å². The molecule has 1 aromatic heterocycles. The van der Waals surface area contributed by atoms with Gasteiger partial charge in [0.25, 0.3) is 5.91 Å². The number of hydrogen-bond donors (Lipinski definition) is 2. The quantitative estimate of drug-likeness (QED) is 0.316. The van der Waals surface area contributed by atoms with Crippen molar-refractivity contribution in [3.8, 4) is 28.2 Å². The first-order valence-electron chi connectivity index (χ1n) is 10.9. The van der Waals surface area contributed by atoms with E-state index in [9.17, 15) is 19.1 Å². The lowest BCUT2D eigenvalue weighted by molar-refractivity contribution is 0.102. The molecule has 172 valence electrons. The Labute approximate surface area is 200 Å². The molecule has 1 amide bonds. The minimum atomic E-state index is -0.569. The highest BCUT2D eigenvalue weighted by atomic mass is 19.1. The Bertz CT molecular complexity index is 1620. The Balaban J connectivity index is 1.53. The Morgan fingerprint density at radius 3 is 2.31 bits per heavy atom. The Morgan fingerprint density at radius 2 is 1.57 bits per heavy atom. The van der Waals surface area contributed by atoms with Crippen LogP contribution in [0.15, 0.2) is 100 Å². The van der Waals surface area contributed by atoms with Crippen molar-refractivity contribution in [1.29, 1.82) is 0 Å². The van der Waals surface area contributed by atoms with Crippen LogP contribution < -0.4 is 10.7 Å². The van der Waals surface area contributed by atoms with E-state index < -0.39 is 11.2 Å². The van der Waals surface area contributed by atoms with Crippen molar-refractivity contribution in [2.45, 2.75) is 6.92 Å². The van der Waals surface area contributed by atoms with Gasteiger partial charge in [-0.1, -0.05) is 48.0 Å². The summed E-state index contributed by atoms with van der Waals surface area (Å²) in [4.78, 5) is 25.5. The summed E-state index contributed by atoms with van der Waals surface area (Å²) in [6.45, 7) is 1.94. The van der Waals surface area contributed by atoms with Crippen LogP contribution in [-0.2, 0) is 0 Å². The van der Waals surface area contributed by atoms with Gasteiger partial charge in [0.05, 0.1) is 5.39 Å². The number of amides is 1. The molecular formula is C29H20FNO4. The molecule has 5 aromatic rings. The SMILES string of the molecule is Cc1ccc(C(=O)Nc2cccc(-c3oc4cc(-c5ccc(F)cc5)ccc4c(=O)c3O)c2)cc1. The normalized spacial score (nSPS) is 10.9. The number of hydrogen-bond acceptors (Lipinski definition) is 4. The largest absolute Gasteiger partial charge is 0.502 e. The van der Waals surface area contributed by atoms with Gasteiger partial charge < -0.3 is 14.8 Å². The number of halogens is 1. The van der Waals surface area contributed by atoms with E-state index in [1.54, 1.807) is 66.7 Å². The second-order valence-corrected chi connectivity index (χ2v) is 8.23. The zero-order valence-electron chi connectivity index (χ0n) is 18.7. The number of benzene rings is 4. The summed E-state index contributed by atoms with van der Waals surface area (Å²) in [5.74, 6) is -1.16. The van der Waals surface area contributed by atoms with E-state index in [-0.39, 0.29) is 28.5 Å². The number of aryl methyl sites for hydroxylation is 1. The smallest absolute Gasteiger partial charge is 0.255 e. The second kappa shape index (κ2) is 8.91. The van der Waals surface area contributed by atoms with E-state index in [0.717, 1.165) is 16.7 Å². The molecule has 0 aliphatic carbocycles. The highest BCUT2D eigenvalue weighted by molar-refractivity contribution is 6.04. The molecule has 0 radical (unpaired) electrons. The summed E-state index contributed by atoms with van der Waals surface area (Å²) >= 11 is 0. The van der Waals surface area contributed by atoms with Crippen LogP contribution in [0.1, 0.15) is 15.9 Å². The maximum atomic E-state index is 13.3. The first kappa shape index (κ1) is 22.1. The van der Waals surface area contributed by atoms with Crippen LogP contribution in [0.2, 0.25) is 0 Å². The van der Waals surface area contributed by atoms with Crippen molar-refractivity contribution in [2.75, 3.05) is 5.32 Å². The molecule has 0 atom stereocenters. The number of carbonyl (C=O) groups excluding carboxylic acids is 1. The average molecular weight is 465 g/mol. The summed E-state index contributed by atoms with van der Waals surface area (Å²) in [5.41, 5.74) is 3.66. The number of nitrogens with one attached hydrogen (secondary N) is 1. The third-order valence-electron chi connectivity index (χ3n) is 5.74. The molecule has 5 rings (SSSR count). The van der Waals surface area contributed by atoms with Crippen molar-refractivity contribution in [3.63, 3.8) is 0 Å². The molecular weight excluding hydrogens is 445 g/mol. The van der Waals surface area contributed by atoms with E-state index in [1.165, 1.54) is 12.1 Å². The predicted molar refractivity (Wildman–Crippen MR) is 134 cm³/mol. The van der Waals surface area contributed by atoms with Crippen LogP contribution in [0.4, 0.5) is 10.1 Å². The first-order valence-corrected chi connectivity index (χ1v) is 10.9. The minimum Gasteiger partial charge on any atom is -0.502 e. The van der Waals surface area contributed by atoms with Gasteiger partial charge in [-0.05, 0) is 66.6 Å².